The monoisotopic (exact) mass is 178 g/mol. The highest BCUT2D eigenvalue weighted by Gasteiger charge is 1.96. The molecule has 0 atom stereocenters. The number of phenolic OH excluding ortho intramolecular Hbond substituents is 2. The molecule has 13 heavy (non-hydrogen) atoms. The van der Waals surface area contributed by atoms with E-state index in [2.05, 4.69) is 13.0 Å². The topological polar surface area (TPSA) is 40.5 Å². The van der Waals surface area contributed by atoms with Crippen molar-refractivity contribution in [2.75, 3.05) is 0 Å². The molecule has 0 heterocycles. The van der Waals surface area contributed by atoms with Crippen molar-refractivity contribution in [1.82, 2.24) is 0 Å². The van der Waals surface area contributed by atoms with Crippen LogP contribution in [-0.2, 0) is 6.42 Å². The number of benzene rings is 1. The molecule has 2 N–H and O–H groups in total. The second-order valence-electron chi connectivity index (χ2n) is 2.94. The van der Waals surface area contributed by atoms with Gasteiger partial charge in [0.2, 0.25) is 0 Å². The predicted molar refractivity (Wildman–Crippen MR) is 52.9 cm³/mol. The molecule has 0 aliphatic rings. The minimum atomic E-state index is 0.111. The van der Waals surface area contributed by atoms with Gasteiger partial charge in [-0.1, -0.05) is 19.1 Å². The quantitative estimate of drug-likeness (QED) is 0.698. The second kappa shape index (κ2) is 4.55. The Morgan fingerprint density at radius 1 is 1.08 bits per heavy atom. The molecule has 0 saturated heterocycles. The molecule has 2 nitrogen and oxygen atoms in total. The first-order valence-corrected chi connectivity index (χ1v) is 4.39. The van der Waals surface area contributed by atoms with E-state index in [1.807, 2.05) is 6.08 Å². The lowest BCUT2D eigenvalue weighted by Crippen LogP contribution is -1.80. The second-order valence-corrected chi connectivity index (χ2v) is 2.94. The molecule has 1 rings (SSSR count). The first-order valence-electron chi connectivity index (χ1n) is 4.39. The van der Waals surface area contributed by atoms with E-state index in [0.717, 1.165) is 18.4 Å². The van der Waals surface area contributed by atoms with Crippen molar-refractivity contribution >= 4 is 0 Å². The van der Waals surface area contributed by atoms with E-state index >= 15 is 0 Å². The van der Waals surface area contributed by atoms with Gasteiger partial charge < -0.3 is 10.2 Å². The average Bonchev–Trinajstić information content (AvgIpc) is 2.03. The zero-order chi connectivity index (χ0) is 9.68. The molecule has 2 heteroatoms. The summed E-state index contributed by atoms with van der Waals surface area (Å²) in [6.45, 7) is 2.07. The summed E-state index contributed by atoms with van der Waals surface area (Å²) in [5, 5.41) is 18.3. The fourth-order valence-corrected chi connectivity index (χ4v) is 1.16. The molecule has 1 aromatic rings. The van der Waals surface area contributed by atoms with Crippen LogP contribution in [0.4, 0.5) is 0 Å². The zero-order valence-electron chi connectivity index (χ0n) is 7.70. The number of hydrogen-bond acceptors (Lipinski definition) is 2. The van der Waals surface area contributed by atoms with Crippen LogP contribution < -0.4 is 0 Å². The Hall–Kier alpha value is -1.44. The van der Waals surface area contributed by atoms with Crippen molar-refractivity contribution in [3.63, 3.8) is 0 Å². The lowest BCUT2D eigenvalue weighted by atomic mass is 10.1. The molecule has 0 saturated carbocycles. The van der Waals surface area contributed by atoms with Crippen LogP contribution in [0.2, 0.25) is 0 Å². The Morgan fingerprint density at radius 3 is 2.23 bits per heavy atom. The van der Waals surface area contributed by atoms with Gasteiger partial charge in [0.1, 0.15) is 11.5 Å². The summed E-state index contributed by atoms with van der Waals surface area (Å²) >= 11 is 0. The maximum atomic E-state index is 9.17. The van der Waals surface area contributed by atoms with Crippen molar-refractivity contribution < 1.29 is 10.2 Å². The molecule has 0 aromatic heterocycles. The molecular weight excluding hydrogens is 164 g/mol. The van der Waals surface area contributed by atoms with Crippen LogP contribution in [0.1, 0.15) is 18.9 Å². The summed E-state index contributed by atoms with van der Waals surface area (Å²) in [5.74, 6) is 0.222. The maximum Gasteiger partial charge on any atom is 0.119 e. The Bertz CT molecular complexity index is 283. The molecule has 0 bridgehead atoms. The van der Waals surface area contributed by atoms with Gasteiger partial charge in [-0.3, -0.25) is 0 Å². The number of phenols is 2. The van der Waals surface area contributed by atoms with E-state index < -0.39 is 0 Å². The summed E-state index contributed by atoms with van der Waals surface area (Å²) in [6, 6.07) is 4.63. The van der Waals surface area contributed by atoms with Gasteiger partial charge in [-0.2, -0.15) is 0 Å². The van der Waals surface area contributed by atoms with Crippen LogP contribution in [0, 0.1) is 0 Å². The lowest BCUT2D eigenvalue weighted by molar-refractivity contribution is 0.449. The molecule has 0 spiro atoms. The van der Waals surface area contributed by atoms with Crippen LogP contribution in [0.25, 0.3) is 0 Å². The van der Waals surface area contributed by atoms with Gasteiger partial charge in [-0.25, -0.2) is 0 Å². The third kappa shape index (κ3) is 3.20. The van der Waals surface area contributed by atoms with Crippen LogP contribution in [0.5, 0.6) is 11.5 Å². The third-order valence-electron chi connectivity index (χ3n) is 1.72. The van der Waals surface area contributed by atoms with Crippen LogP contribution in [0.3, 0.4) is 0 Å². The SMILES string of the molecule is CC/C=C\Cc1cc(O)cc(O)c1. The molecule has 1 aromatic carbocycles. The van der Waals surface area contributed by atoms with Gasteiger partial charge in [0.15, 0.2) is 0 Å². The Kier molecular flexibility index (Phi) is 3.38. The summed E-state index contributed by atoms with van der Waals surface area (Å²) in [4.78, 5) is 0. The van der Waals surface area contributed by atoms with E-state index in [0.29, 0.717) is 0 Å². The Morgan fingerprint density at radius 2 is 1.69 bits per heavy atom. The standard InChI is InChI=1S/C11H14O2/c1-2-3-4-5-9-6-10(12)8-11(13)7-9/h3-4,6-8,12-13H,2,5H2,1H3/b4-3-. The van der Waals surface area contributed by atoms with Crippen LogP contribution >= 0.6 is 0 Å². The normalized spacial score (nSPS) is 10.8. The third-order valence-corrected chi connectivity index (χ3v) is 1.72. The van der Waals surface area contributed by atoms with Gasteiger partial charge in [0, 0.05) is 6.07 Å². The van der Waals surface area contributed by atoms with Gasteiger partial charge >= 0.3 is 0 Å². The van der Waals surface area contributed by atoms with Crippen molar-refractivity contribution in [3.8, 4) is 11.5 Å². The van der Waals surface area contributed by atoms with Gasteiger partial charge in [-0.05, 0) is 30.5 Å². The number of hydrogen-bond donors (Lipinski definition) is 2. The van der Waals surface area contributed by atoms with Gasteiger partial charge in [0.05, 0.1) is 0 Å². The van der Waals surface area contributed by atoms with E-state index in [1.165, 1.54) is 6.07 Å². The summed E-state index contributed by atoms with van der Waals surface area (Å²) in [7, 11) is 0. The summed E-state index contributed by atoms with van der Waals surface area (Å²) in [6.07, 6.45) is 5.83. The first-order chi connectivity index (χ1) is 6.22. The molecule has 0 amide bonds. The lowest BCUT2D eigenvalue weighted by Gasteiger charge is -1.99. The smallest absolute Gasteiger partial charge is 0.119 e. The molecule has 0 aliphatic carbocycles. The van der Waals surface area contributed by atoms with Crippen LogP contribution in [0.15, 0.2) is 30.4 Å². The maximum absolute atomic E-state index is 9.17. The van der Waals surface area contributed by atoms with E-state index in [-0.39, 0.29) is 11.5 Å². The van der Waals surface area contributed by atoms with Gasteiger partial charge in [0.25, 0.3) is 0 Å². The van der Waals surface area contributed by atoms with Crippen LogP contribution in [-0.4, -0.2) is 10.2 Å². The number of allylic oxidation sites excluding steroid dienone is 2. The fraction of sp³-hybridized carbons (Fsp3) is 0.273. The number of rotatable bonds is 3. The molecule has 0 fully saturated rings. The van der Waals surface area contributed by atoms with Crippen molar-refractivity contribution in [2.45, 2.75) is 19.8 Å². The molecule has 0 unspecified atom stereocenters. The van der Waals surface area contributed by atoms with E-state index in [4.69, 9.17) is 10.2 Å². The molecule has 70 valence electrons. The van der Waals surface area contributed by atoms with Gasteiger partial charge in [-0.15, -0.1) is 0 Å². The molecular formula is C11H14O2. The predicted octanol–water partition coefficient (Wildman–Crippen LogP) is 2.61. The minimum absolute atomic E-state index is 0.111. The largest absolute Gasteiger partial charge is 0.508 e. The summed E-state index contributed by atoms with van der Waals surface area (Å²) < 4.78 is 0. The summed E-state index contributed by atoms with van der Waals surface area (Å²) in [5.41, 5.74) is 0.919. The van der Waals surface area contributed by atoms with E-state index in [1.54, 1.807) is 12.1 Å². The first kappa shape index (κ1) is 9.65. The zero-order valence-corrected chi connectivity index (χ0v) is 7.70. The highest BCUT2D eigenvalue weighted by molar-refractivity contribution is 5.37. The van der Waals surface area contributed by atoms with Crippen molar-refractivity contribution in [2.24, 2.45) is 0 Å². The average molecular weight is 178 g/mol. The molecule has 0 aliphatic heterocycles. The Balaban J connectivity index is 2.71. The highest BCUT2D eigenvalue weighted by Crippen LogP contribution is 2.20. The van der Waals surface area contributed by atoms with Crippen molar-refractivity contribution in [3.05, 3.63) is 35.9 Å². The van der Waals surface area contributed by atoms with Crippen molar-refractivity contribution in [1.29, 1.82) is 0 Å². The fourth-order valence-electron chi connectivity index (χ4n) is 1.16. The minimum Gasteiger partial charge on any atom is -0.508 e. The highest BCUT2D eigenvalue weighted by atomic mass is 16.3. The number of aromatic hydroxyl groups is 2. The molecule has 0 radical (unpaired) electrons. The van der Waals surface area contributed by atoms with E-state index in [9.17, 15) is 0 Å². The Labute approximate surface area is 78.2 Å².